The molecule has 0 radical (unpaired) electrons. The van der Waals surface area contributed by atoms with E-state index in [1.807, 2.05) is 0 Å². The standard InChI is InChI=1S/C5H8BrNO2/c1-4(7-9-2)5(8)3-6/h3H2,1-2H3. The minimum absolute atomic E-state index is 0.0585. The van der Waals surface area contributed by atoms with Crippen LogP contribution < -0.4 is 0 Å². The second kappa shape index (κ2) is 4.49. The van der Waals surface area contributed by atoms with Crippen LogP contribution in [0.1, 0.15) is 6.92 Å². The van der Waals surface area contributed by atoms with Gasteiger partial charge < -0.3 is 4.84 Å². The predicted octanol–water partition coefficient (Wildman–Crippen LogP) is 0.973. The zero-order chi connectivity index (χ0) is 7.28. The van der Waals surface area contributed by atoms with Crippen molar-refractivity contribution in [3.63, 3.8) is 0 Å². The minimum atomic E-state index is -0.0585. The Kier molecular flexibility index (Phi) is 4.30. The van der Waals surface area contributed by atoms with Crippen molar-refractivity contribution < 1.29 is 9.63 Å². The Morgan fingerprint density at radius 2 is 2.33 bits per heavy atom. The third-order valence-electron chi connectivity index (χ3n) is 0.753. The zero-order valence-corrected chi connectivity index (χ0v) is 6.93. The van der Waals surface area contributed by atoms with Gasteiger partial charge in [-0.05, 0) is 6.92 Å². The lowest BCUT2D eigenvalue weighted by Gasteiger charge is -1.91. The SMILES string of the molecule is CON=C(C)C(=O)CBr. The monoisotopic (exact) mass is 193 g/mol. The van der Waals surface area contributed by atoms with Crippen LogP contribution in [-0.4, -0.2) is 23.9 Å². The van der Waals surface area contributed by atoms with Gasteiger partial charge in [0.15, 0.2) is 5.78 Å². The Morgan fingerprint density at radius 3 is 2.67 bits per heavy atom. The highest BCUT2D eigenvalue weighted by Gasteiger charge is 2.02. The van der Waals surface area contributed by atoms with Gasteiger partial charge in [0.05, 0.1) is 5.33 Å². The molecule has 0 aliphatic heterocycles. The van der Waals surface area contributed by atoms with Crippen LogP contribution in [0.5, 0.6) is 0 Å². The molecule has 0 rings (SSSR count). The van der Waals surface area contributed by atoms with Crippen molar-refractivity contribution in [1.29, 1.82) is 0 Å². The molecule has 0 spiro atoms. The fraction of sp³-hybridized carbons (Fsp3) is 0.600. The average molecular weight is 194 g/mol. The van der Waals surface area contributed by atoms with Crippen LogP contribution in [0.4, 0.5) is 0 Å². The normalized spacial score (nSPS) is 11.2. The molecule has 0 saturated carbocycles. The van der Waals surface area contributed by atoms with Gasteiger partial charge in [-0.15, -0.1) is 0 Å². The molecule has 0 aromatic carbocycles. The highest BCUT2D eigenvalue weighted by Crippen LogP contribution is 1.86. The maximum Gasteiger partial charge on any atom is 0.190 e. The molecule has 0 aliphatic carbocycles. The van der Waals surface area contributed by atoms with E-state index in [0.29, 0.717) is 11.0 Å². The van der Waals surface area contributed by atoms with Gasteiger partial charge in [0.1, 0.15) is 12.8 Å². The van der Waals surface area contributed by atoms with E-state index in [0.717, 1.165) is 0 Å². The van der Waals surface area contributed by atoms with Crippen LogP contribution >= 0.6 is 15.9 Å². The lowest BCUT2D eigenvalue weighted by molar-refractivity contribution is -0.110. The number of halogens is 1. The molecule has 0 saturated heterocycles. The number of nitrogens with zero attached hydrogens (tertiary/aromatic N) is 1. The molecule has 0 atom stereocenters. The molecule has 0 bridgehead atoms. The summed E-state index contributed by atoms with van der Waals surface area (Å²) in [6, 6.07) is 0. The van der Waals surface area contributed by atoms with Crippen molar-refractivity contribution in [2.75, 3.05) is 12.4 Å². The van der Waals surface area contributed by atoms with Crippen molar-refractivity contribution in [2.24, 2.45) is 5.16 Å². The van der Waals surface area contributed by atoms with Gasteiger partial charge in [0.25, 0.3) is 0 Å². The van der Waals surface area contributed by atoms with Crippen molar-refractivity contribution in [2.45, 2.75) is 6.92 Å². The maximum atomic E-state index is 10.6. The van der Waals surface area contributed by atoms with Gasteiger partial charge in [-0.25, -0.2) is 0 Å². The molecule has 0 amide bonds. The summed E-state index contributed by atoms with van der Waals surface area (Å²) in [7, 11) is 1.41. The summed E-state index contributed by atoms with van der Waals surface area (Å²) < 4.78 is 0. The molecule has 52 valence electrons. The molecule has 0 fully saturated rings. The number of carbonyl (C=O) groups is 1. The Bertz CT molecular complexity index is 133. The van der Waals surface area contributed by atoms with Crippen LogP contribution in [-0.2, 0) is 9.63 Å². The molecule has 9 heavy (non-hydrogen) atoms. The van der Waals surface area contributed by atoms with Gasteiger partial charge >= 0.3 is 0 Å². The number of rotatable bonds is 3. The first-order chi connectivity index (χ1) is 4.22. The summed E-state index contributed by atoms with van der Waals surface area (Å²) in [6.07, 6.45) is 0. The number of alkyl halides is 1. The predicted molar refractivity (Wildman–Crippen MR) is 38.9 cm³/mol. The highest BCUT2D eigenvalue weighted by molar-refractivity contribution is 9.09. The molecule has 0 N–H and O–H groups in total. The summed E-state index contributed by atoms with van der Waals surface area (Å²) in [6.45, 7) is 1.60. The van der Waals surface area contributed by atoms with Crippen LogP contribution in [0.15, 0.2) is 5.16 Å². The van der Waals surface area contributed by atoms with Crippen LogP contribution in [0.2, 0.25) is 0 Å². The Labute approximate surface area is 62.2 Å². The molecule has 0 unspecified atom stereocenters. The molecule has 4 heteroatoms. The fourth-order valence-electron chi connectivity index (χ4n) is 0.285. The van der Waals surface area contributed by atoms with Crippen LogP contribution in [0.3, 0.4) is 0 Å². The molecule has 3 nitrogen and oxygen atoms in total. The van der Waals surface area contributed by atoms with E-state index in [4.69, 9.17) is 0 Å². The van der Waals surface area contributed by atoms with E-state index in [2.05, 4.69) is 25.9 Å². The van der Waals surface area contributed by atoms with E-state index < -0.39 is 0 Å². The lowest BCUT2D eigenvalue weighted by Crippen LogP contribution is -2.10. The maximum absolute atomic E-state index is 10.6. The number of oxime groups is 1. The van der Waals surface area contributed by atoms with E-state index in [9.17, 15) is 4.79 Å². The van der Waals surface area contributed by atoms with Gasteiger partial charge in [0.2, 0.25) is 0 Å². The van der Waals surface area contributed by atoms with Gasteiger partial charge in [-0.3, -0.25) is 4.79 Å². The second-order valence-corrected chi connectivity index (χ2v) is 1.98. The lowest BCUT2D eigenvalue weighted by atomic mass is 10.3. The minimum Gasteiger partial charge on any atom is -0.399 e. The first kappa shape index (κ1) is 8.62. The van der Waals surface area contributed by atoms with Crippen molar-refractivity contribution >= 4 is 27.4 Å². The number of hydrogen-bond acceptors (Lipinski definition) is 3. The molecular weight excluding hydrogens is 186 g/mol. The summed E-state index contributed by atoms with van der Waals surface area (Å²) >= 11 is 3.00. The summed E-state index contributed by atoms with van der Waals surface area (Å²) in [5.41, 5.74) is 0.384. The van der Waals surface area contributed by atoms with Crippen molar-refractivity contribution in [3.05, 3.63) is 0 Å². The Hall–Kier alpha value is -0.380. The molecular formula is C5H8BrNO2. The topological polar surface area (TPSA) is 38.7 Å². The Balaban J connectivity index is 3.86. The van der Waals surface area contributed by atoms with Gasteiger partial charge in [0, 0.05) is 0 Å². The van der Waals surface area contributed by atoms with E-state index in [-0.39, 0.29) is 5.78 Å². The quantitative estimate of drug-likeness (QED) is 0.381. The molecule has 0 aromatic heterocycles. The molecule has 0 aromatic rings. The summed E-state index contributed by atoms with van der Waals surface area (Å²) in [5.74, 6) is -0.0585. The van der Waals surface area contributed by atoms with Crippen molar-refractivity contribution in [3.8, 4) is 0 Å². The summed E-state index contributed by atoms with van der Waals surface area (Å²) in [5, 5.41) is 3.73. The zero-order valence-electron chi connectivity index (χ0n) is 5.35. The molecule has 0 heterocycles. The fourth-order valence-corrected chi connectivity index (χ4v) is 0.690. The van der Waals surface area contributed by atoms with Gasteiger partial charge in [-0.1, -0.05) is 21.1 Å². The summed E-state index contributed by atoms with van der Waals surface area (Å²) in [4.78, 5) is 15.0. The largest absolute Gasteiger partial charge is 0.399 e. The smallest absolute Gasteiger partial charge is 0.190 e. The van der Waals surface area contributed by atoms with Crippen LogP contribution in [0, 0.1) is 0 Å². The first-order valence-electron chi connectivity index (χ1n) is 2.39. The van der Waals surface area contributed by atoms with E-state index >= 15 is 0 Å². The Morgan fingerprint density at radius 1 is 1.78 bits per heavy atom. The molecule has 0 aliphatic rings. The van der Waals surface area contributed by atoms with E-state index in [1.54, 1.807) is 6.92 Å². The van der Waals surface area contributed by atoms with Crippen molar-refractivity contribution in [1.82, 2.24) is 0 Å². The number of ketones is 1. The third kappa shape index (κ3) is 3.24. The first-order valence-corrected chi connectivity index (χ1v) is 3.51. The third-order valence-corrected chi connectivity index (χ3v) is 1.26. The van der Waals surface area contributed by atoms with Gasteiger partial charge in [-0.2, -0.15) is 0 Å². The number of carbonyl (C=O) groups excluding carboxylic acids is 1. The number of hydrogen-bond donors (Lipinski definition) is 0. The second-order valence-electron chi connectivity index (χ2n) is 1.42. The number of Topliss-reactive ketones (excluding diaryl/α,β-unsaturated/α-hetero) is 1. The highest BCUT2D eigenvalue weighted by atomic mass is 79.9. The average Bonchev–Trinajstić information content (AvgIpc) is 1.87. The van der Waals surface area contributed by atoms with E-state index in [1.165, 1.54) is 7.11 Å². The van der Waals surface area contributed by atoms with Crippen LogP contribution in [0.25, 0.3) is 0 Å².